The van der Waals surface area contributed by atoms with Crippen LogP contribution in [0.25, 0.3) is 0 Å². The van der Waals surface area contributed by atoms with E-state index in [4.69, 9.17) is 5.11 Å². The highest BCUT2D eigenvalue weighted by Gasteiger charge is 2.08. The molecule has 2 aromatic carbocycles. The molecule has 3 N–H and O–H groups in total. The molecule has 0 saturated heterocycles. The van der Waals surface area contributed by atoms with Crippen LogP contribution in [0.15, 0.2) is 42.5 Å². The first-order valence-electron chi connectivity index (χ1n) is 6.37. The fourth-order valence-corrected chi connectivity index (χ4v) is 1.80. The van der Waals surface area contributed by atoms with Gasteiger partial charge in [-0.1, -0.05) is 18.2 Å². The fourth-order valence-electron chi connectivity index (χ4n) is 1.80. The van der Waals surface area contributed by atoms with Crippen LogP contribution in [-0.2, 0) is 6.54 Å². The molecule has 0 aromatic heterocycles. The Hall–Kier alpha value is -2.82. The van der Waals surface area contributed by atoms with Gasteiger partial charge >= 0.3 is 5.97 Å². The zero-order valence-corrected chi connectivity index (χ0v) is 11.5. The molecule has 0 unspecified atom stereocenters. The highest BCUT2D eigenvalue weighted by Crippen LogP contribution is 2.17. The monoisotopic (exact) mass is 285 g/mol. The number of carboxylic acids is 1. The number of nitrogens with one attached hydrogen (secondary N) is 1. The molecule has 2 aromatic rings. The Morgan fingerprint density at radius 2 is 1.67 bits per heavy atom. The van der Waals surface area contributed by atoms with Crippen molar-refractivity contribution < 1.29 is 19.8 Å². The smallest absolute Gasteiger partial charge is 0.335 e. The summed E-state index contributed by atoms with van der Waals surface area (Å²) < 4.78 is 0. The van der Waals surface area contributed by atoms with Gasteiger partial charge < -0.3 is 15.5 Å². The Kier molecular flexibility index (Phi) is 4.23. The SMILES string of the molecule is Cc1ccc(C(=O)NCc2ccc(C(=O)O)cc2)cc1O. The zero-order chi connectivity index (χ0) is 15.4. The quantitative estimate of drug-likeness (QED) is 0.804. The summed E-state index contributed by atoms with van der Waals surface area (Å²) in [5, 5.41) is 21.1. The second-order valence-corrected chi connectivity index (χ2v) is 4.69. The van der Waals surface area contributed by atoms with Crippen molar-refractivity contribution in [1.82, 2.24) is 5.32 Å². The first kappa shape index (κ1) is 14.6. The number of aromatic carboxylic acids is 1. The molecule has 21 heavy (non-hydrogen) atoms. The van der Waals surface area contributed by atoms with Crippen molar-refractivity contribution in [1.29, 1.82) is 0 Å². The number of hydrogen-bond acceptors (Lipinski definition) is 3. The Labute approximate surface area is 121 Å². The summed E-state index contributed by atoms with van der Waals surface area (Å²) in [6.07, 6.45) is 0. The number of aromatic hydroxyl groups is 1. The standard InChI is InChI=1S/C16H15NO4/c1-10-2-5-13(8-14(10)18)15(19)17-9-11-3-6-12(7-4-11)16(20)21/h2-8,18H,9H2,1H3,(H,17,19)(H,20,21). The maximum atomic E-state index is 11.9. The molecule has 5 nitrogen and oxygen atoms in total. The molecule has 0 heterocycles. The summed E-state index contributed by atoms with van der Waals surface area (Å²) in [6.45, 7) is 2.04. The second-order valence-electron chi connectivity index (χ2n) is 4.69. The van der Waals surface area contributed by atoms with Gasteiger partial charge in [0.2, 0.25) is 0 Å². The molecule has 0 aliphatic heterocycles. The summed E-state index contributed by atoms with van der Waals surface area (Å²) in [5.41, 5.74) is 2.08. The molecule has 1 amide bonds. The van der Waals surface area contributed by atoms with E-state index in [1.165, 1.54) is 18.2 Å². The lowest BCUT2D eigenvalue weighted by molar-refractivity contribution is 0.0696. The Bertz CT molecular complexity index is 677. The van der Waals surface area contributed by atoms with E-state index in [1.807, 2.05) is 0 Å². The van der Waals surface area contributed by atoms with Gasteiger partial charge in [-0.15, -0.1) is 0 Å². The first-order chi connectivity index (χ1) is 9.97. The van der Waals surface area contributed by atoms with E-state index in [-0.39, 0.29) is 23.8 Å². The molecule has 0 saturated carbocycles. The number of carbonyl (C=O) groups is 2. The summed E-state index contributed by atoms with van der Waals surface area (Å²) in [7, 11) is 0. The van der Waals surface area contributed by atoms with Gasteiger partial charge in [0.1, 0.15) is 5.75 Å². The van der Waals surface area contributed by atoms with Crippen LogP contribution in [0.3, 0.4) is 0 Å². The number of hydrogen-bond donors (Lipinski definition) is 3. The third kappa shape index (κ3) is 3.60. The highest BCUT2D eigenvalue weighted by atomic mass is 16.4. The lowest BCUT2D eigenvalue weighted by atomic mass is 10.1. The van der Waals surface area contributed by atoms with E-state index in [0.29, 0.717) is 11.1 Å². The van der Waals surface area contributed by atoms with E-state index < -0.39 is 5.97 Å². The van der Waals surface area contributed by atoms with Crippen molar-refractivity contribution in [3.8, 4) is 5.75 Å². The van der Waals surface area contributed by atoms with Crippen molar-refractivity contribution in [3.05, 3.63) is 64.7 Å². The molecule has 0 spiro atoms. The molecule has 2 rings (SSSR count). The number of carboxylic acid groups (broad SMARTS) is 1. The molecular formula is C16H15NO4. The highest BCUT2D eigenvalue weighted by molar-refractivity contribution is 5.94. The van der Waals surface area contributed by atoms with Crippen LogP contribution in [0.4, 0.5) is 0 Å². The van der Waals surface area contributed by atoms with Gasteiger partial charge in [-0.2, -0.15) is 0 Å². The fraction of sp³-hybridized carbons (Fsp3) is 0.125. The van der Waals surface area contributed by atoms with Crippen LogP contribution in [0.2, 0.25) is 0 Å². The van der Waals surface area contributed by atoms with Crippen LogP contribution in [0.5, 0.6) is 5.75 Å². The average molecular weight is 285 g/mol. The molecule has 5 heteroatoms. The second kappa shape index (κ2) is 6.09. The summed E-state index contributed by atoms with van der Waals surface area (Å²) in [4.78, 5) is 22.7. The number of carbonyl (C=O) groups excluding carboxylic acids is 1. The maximum absolute atomic E-state index is 11.9. The van der Waals surface area contributed by atoms with Crippen molar-refractivity contribution in [2.45, 2.75) is 13.5 Å². The molecule has 0 aliphatic carbocycles. The molecule has 0 bridgehead atoms. The van der Waals surface area contributed by atoms with Gasteiger partial charge in [0.05, 0.1) is 5.56 Å². The van der Waals surface area contributed by atoms with Gasteiger partial charge in [-0.25, -0.2) is 4.79 Å². The lowest BCUT2D eigenvalue weighted by Gasteiger charge is -2.07. The largest absolute Gasteiger partial charge is 0.508 e. The van der Waals surface area contributed by atoms with Crippen LogP contribution >= 0.6 is 0 Å². The Balaban J connectivity index is 2.00. The summed E-state index contributed by atoms with van der Waals surface area (Å²) in [6, 6.07) is 11.0. The molecule has 0 radical (unpaired) electrons. The predicted molar refractivity (Wildman–Crippen MR) is 77.4 cm³/mol. The van der Waals surface area contributed by atoms with Gasteiger partial charge in [0, 0.05) is 12.1 Å². The molecule has 0 atom stereocenters. The van der Waals surface area contributed by atoms with Crippen LogP contribution in [-0.4, -0.2) is 22.1 Å². The summed E-state index contributed by atoms with van der Waals surface area (Å²) >= 11 is 0. The van der Waals surface area contributed by atoms with Crippen molar-refractivity contribution in [2.75, 3.05) is 0 Å². The number of amides is 1. The Morgan fingerprint density at radius 1 is 1.05 bits per heavy atom. The molecular weight excluding hydrogens is 270 g/mol. The van der Waals surface area contributed by atoms with Gasteiger partial charge in [0.15, 0.2) is 0 Å². The zero-order valence-electron chi connectivity index (χ0n) is 11.5. The minimum atomic E-state index is -0.985. The van der Waals surface area contributed by atoms with Crippen LogP contribution in [0.1, 0.15) is 31.8 Å². The third-order valence-electron chi connectivity index (χ3n) is 3.13. The number of benzene rings is 2. The minimum absolute atomic E-state index is 0.0773. The van der Waals surface area contributed by atoms with E-state index in [2.05, 4.69) is 5.32 Å². The summed E-state index contributed by atoms with van der Waals surface area (Å²) in [5.74, 6) is -1.21. The average Bonchev–Trinajstić information content (AvgIpc) is 2.48. The van der Waals surface area contributed by atoms with Crippen molar-refractivity contribution in [2.24, 2.45) is 0 Å². The third-order valence-corrected chi connectivity index (χ3v) is 3.13. The number of aryl methyl sites for hydroxylation is 1. The lowest BCUT2D eigenvalue weighted by Crippen LogP contribution is -2.22. The van der Waals surface area contributed by atoms with E-state index in [1.54, 1.807) is 31.2 Å². The van der Waals surface area contributed by atoms with Crippen LogP contribution in [0, 0.1) is 6.92 Å². The van der Waals surface area contributed by atoms with Crippen molar-refractivity contribution >= 4 is 11.9 Å². The first-order valence-corrected chi connectivity index (χ1v) is 6.37. The number of phenolic OH excluding ortho intramolecular Hbond substituents is 1. The number of phenols is 1. The molecule has 108 valence electrons. The normalized spacial score (nSPS) is 10.1. The van der Waals surface area contributed by atoms with Gasteiger partial charge in [0.25, 0.3) is 5.91 Å². The van der Waals surface area contributed by atoms with Crippen molar-refractivity contribution in [3.63, 3.8) is 0 Å². The minimum Gasteiger partial charge on any atom is -0.508 e. The van der Waals surface area contributed by atoms with E-state index in [0.717, 1.165) is 5.56 Å². The van der Waals surface area contributed by atoms with E-state index >= 15 is 0 Å². The van der Waals surface area contributed by atoms with Gasteiger partial charge in [-0.05, 0) is 42.3 Å². The Morgan fingerprint density at radius 3 is 2.24 bits per heavy atom. The van der Waals surface area contributed by atoms with E-state index in [9.17, 15) is 14.7 Å². The van der Waals surface area contributed by atoms with Gasteiger partial charge in [-0.3, -0.25) is 4.79 Å². The predicted octanol–water partition coefficient (Wildman–Crippen LogP) is 2.33. The van der Waals surface area contributed by atoms with Crippen LogP contribution < -0.4 is 5.32 Å². The maximum Gasteiger partial charge on any atom is 0.335 e. The number of rotatable bonds is 4. The molecule has 0 fully saturated rings. The molecule has 0 aliphatic rings. The topological polar surface area (TPSA) is 86.6 Å².